The molecule has 23 heavy (non-hydrogen) atoms. The molecule has 0 saturated heterocycles. The first-order valence-corrected chi connectivity index (χ1v) is 7.73. The number of pyridine rings is 1. The van der Waals surface area contributed by atoms with Gasteiger partial charge >= 0.3 is 0 Å². The molecule has 3 rings (SSSR count). The van der Waals surface area contributed by atoms with Gasteiger partial charge in [-0.1, -0.05) is 0 Å². The van der Waals surface area contributed by atoms with Gasteiger partial charge in [0.15, 0.2) is 0 Å². The number of carbonyl (C=O) groups is 1. The molecule has 0 spiro atoms. The van der Waals surface area contributed by atoms with Gasteiger partial charge in [0.1, 0.15) is 0 Å². The number of aromatic amines is 1. The minimum absolute atomic E-state index is 0.0629. The standard InChI is InChI=1S/C16H21N5O2/c1-9-5-10(2)20-16(23)12(9)7-18-15(22)13-8-19-21-4-3-11(17)6-14(13)21/h5,8,11H,3-4,6-7,17H2,1-2H3,(H,18,22)(H,20,23). The van der Waals surface area contributed by atoms with Crippen LogP contribution in [0.15, 0.2) is 17.1 Å². The first-order chi connectivity index (χ1) is 11.0. The summed E-state index contributed by atoms with van der Waals surface area (Å²) in [5, 5.41) is 7.06. The molecule has 0 aromatic carbocycles. The maximum absolute atomic E-state index is 12.4. The number of fused-ring (bicyclic) bond motifs is 1. The zero-order valence-electron chi connectivity index (χ0n) is 13.3. The molecule has 1 aliphatic rings. The average Bonchev–Trinajstić information content (AvgIpc) is 2.88. The van der Waals surface area contributed by atoms with Crippen molar-refractivity contribution in [3.63, 3.8) is 0 Å². The van der Waals surface area contributed by atoms with Gasteiger partial charge in [-0.3, -0.25) is 14.3 Å². The van der Waals surface area contributed by atoms with Gasteiger partial charge in [0.05, 0.1) is 17.5 Å². The van der Waals surface area contributed by atoms with Crippen LogP contribution in [0, 0.1) is 13.8 Å². The van der Waals surface area contributed by atoms with E-state index in [4.69, 9.17) is 5.73 Å². The highest BCUT2D eigenvalue weighted by molar-refractivity contribution is 5.95. The van der Waals surface area contributed by atoms with E-state index in [0.717, 1.165) is 29.9 Å². The Morgan fingerprint density at radius 1 is 1.52 bits per heavy atom. The summed E-state index contributed by atoms with van der Waals surface area (Å²) in [4.78, 5) is 27.2. The number of nitrogens with two attached hydrogens (primary N) is 1. The second-order valence-electron chi connectivity index (χ2n) is 6.11. The van der Waals surface area contributed by atoms with Gasteiger partial charge in [-0.2, -0.15) is 5.10 Å². The number of aryl methyl sites for hydroxylation is 3. The smallest absolute Gasteiger partial charge is 0.255 e. The molecule has 4 N–H and O–H groups in total. The van der Waals surface area contributed by atoms with Crippen LogP contribution >= 0.6 is 0 Å². The van der Waals surface area contributed by atoms with E-state index in [2.05, 4.69) is 15.4 Å². The van der Waals surface area contributed by atoms with Gasteiger partial charge in [-0.15, -0.1) is 0 Å². The number of hydrogen-bond donors (Lipinski definition) is 3. The van der Waals surface area contributed by atoms with Crippen molar-refractivity contribution in [3.05, 3.63) is 50.7 Å². The van der Waals surface area contributed by atoms with E-state index in [0.29, 0.717) is 17.5 Å². The van der Waals surface area contributed by atoms with E-state index in [-0.39, 0.29) is 24.1 Å². The summed E-state index contributed by atoms with van der Waals surface area (Å²) in [6.45, 7) is 4.63. The highest BCUT2D eigenvalue weighted by Gasteiger charge is 2.23. The van der Waals surface area contributed by atoms with Crippen LogP contribution in [-0.4, -0.2) is 26.7 Å². The number of amides is 1. The van der Waals surface area contributed by atoms with E-state index >= 15 is 0 Å². The second kappa shape index (κ2) is 6.00. The number of hydrogen-bond acceptors (Lipinski definition) is 4. The summed E-state index contributed by atoms with van der Waals surface area (Å²) in [5.74, 6) is -0.222. The Hall–Kier alpha value is -2.41. The van der Waals surface area contributed by atoms with Crippen LogP contribution in [-0.2, 0) is 19.5 Å². The fraction of sp³-hybridized carbons (Fsp3) is 0.438. The lowest BCUT2D eigenvalue weighted by molar-refractivity contribution is 0.0949. The summed E-state index contributed by atoms with van der Waals surface area (Å²) in [5.41, 5.74) is 9.47. The van der Waals surface area contributed by atoms with E-state index in [1.807, 2.05) is 24.6 Å². The van der Waals surface area contributed by atoms with Gasteiger partial charge in [-0.25, -0.2) is 0 Å². The predicted molar refractivity (Wildman–Crippen MR) is 86.2 cm³/mol. The highest BCUT2D eigenvalue weighted by atomic mass is 16.2. The van der Waals surface area contributed by atoms with Crippen LogP contribution in [0.25, 0.3) is 0 Å². The van der Waals surface area contributed by atoms with Crippen molar-refractivity contribution in [1.29, 1.82) is 0 Å². The number of carbonyl (C=O) groups excluding carboxylic acids is 1. The average molecular weight is 315 g/mol. The molecule has 7 nitrogen and oxygen atoms in total. The molecule has 122 valence electrons. The van der Waals surface area contributed by atoms with E-state index in [1.54, 1.807) is 6.20 Å². The minimum atomic E-state index is -0.222. The van der Waals surface area contributed by atoms with Gasteiger partial charge in [0.2, 0.25) is 0 Å². The Morgan fingerprint density at radius 3 is 3.04 bits per heavy atom. The second-order valence-corrected chi connectivity index (χ2v) is 6.11. The zero-order chi connectivity index (χ0) is 16.6. The van der Waals surface area contributed by atoms with Crippen molar-refractivity contribution >= 4 is 5.91 Å². The monoisotopic (exact) mass is 315 g/mol. The third-order valence-corrected chi connectivity index (χ3v) is 4.28. The Kier molecular flexibility index (Phi) is 4.04. The van der Waals surface area contributed by atoms with Crippen molar-refractivity contribution in [2.24, 2.45) is 5.73 Å². The topological polar surface area (TPSA) is 106 Å². The Labute approximate surface area is 133 Å². The summed E-state index contributed by atoms with van der Waals surface area (Å²) in [7, 11) is 0. The predicted octanol–water partition coefficient (Wildman–Crippen LogP) is 0.392. The number of nitrogens with one attached hydrogen (secondary N) is 2. The molecule has 0 aliphatic carbocycles. The molecule has 7 heteroatoms. The van der Waals surface area contributed by atoms with Crippen molar-refractivity contribution in [1.82, 2.24) is 20.1 Å². The Bertz CT molecular complexity index is 805. The van der Waals surface area contributed by atoms with Crippen LogP contribution in [0.1, 0.15) is 39.3 Å². The summed E-state index contributed by atoms with van der Waals surface area (Å²) >= 11 is 0. The minimum Gasteiger partial charge on any atom is -0.348 e. The van der Waals surface area contributed by atoms with Crippen molar-refractivity contribution in [3.8, 4) is 0 Å². The van der Waals surface area contributed by atoms with Crippen molar-refractivity contribution in [2.75, 3.05) is 0 Å². The van der Waals surface area contributed by atoms with Crippen LogP contribution < -0.4 is 16.6 Å². The molecule has 0 saturated carbocycles. The molecule has 1 atom stereocenters. The molecule has 0 fully saturated rings. The summed E-state index contributed by atoms with van der Waals surface area (Å²) in [6.07, 6.45) is 3.09. The highest BCUT2D eigenvalue weighted by Crippen LogP contribution is 2.17. The third-order valence-electron chi connectivity index (χ3n) is 4.28. The lowest BCUT2D eigenvalue weighted by Crippen LogP contribution is -2.33. The zero-order valence-corrected chi connectivity index (χ0v) is 13.3. The maximum atomic E-state index is 12.4. The lowest BCUT2D eigenvalue weighted by atomic mass is 10.0. The van der Waals surface area contributed by atoms with Gasteiger partial charge < -0.3 is 16.0 Å². The first-order valence-electron chi connectivity index (χ1n) is 7.73. The van der Waals surface area contributed by atoms with Crippen LogP contribution in [0.4, 0.5) is 0 Å². The van der Waals surface area contributed by atoms with Crippen LogP contribution in [0.3, 0.4) is 0 Å². The maximum Gasteiger partial charge on any atom is 0.255 e. The molecular formula is C16H21N5O2. The molecule has 3 heterocycles. The van der Waals surface area contributed by atoms with E-state index in [1.165, 1.54) is 0 Å². The third kappa shape index (κ3) is 3.05. The molecule has 0 bridgehead atoms. The fourth-order valence-electron chi connectivity index (χ4n) is 3.01. The number of rotatable bonds is 3. The SMILES string of the molecule is Cc1cc(C)c(CNC(=O)c2cnn3c2CC(N)CC3)c(=O)[nH]1. The molecule has 2 aromatic heterocycles. The molecule has 0 radical (unpaired) electrons. The molecule has 1 amide bonds. The quantitative estimate of drug-likeness (QED) is 0.762. The lowest BCUT2D eigenvalue weighted by Gasteiger charge is -2.20. The molecule has 1 unspecified atom stereocenters. The fourth-order valence-corrected chi connectivity index (χ4v) is 3.01. The summed E-state index contributed by atoms with van der Waals surface area (Å²) < 4.78 is 1.84. The molecule has 2 aromatic rings. The normalized spacial score (nSPS) is 16.9. The van der Waals surface area contributed by atoms with E-state index < -0.39 is 0 Å². The summed E-state index contributed by atoms with van der Waals surface area (Å²) in [6, 6.07) is 1.96. The van der Waals surface area contributed by atoms with Crippen LogP contribution in [0.2, 0.25) is 0 Å². The van der Waals surface area contributed by atoms with Gasteiger partial charge in [0, 0.05) is 36.8 Å². The number of H-pyrrole nitrogens is 1. The van der Waals surface area contributed by atoms with E-state index in [9.17, 15) is 9.59 Å². The molecule has 1 aliphatic heterocycles. The number of aromatic nitrogens is 3. The largest absolute Gasteiger partial charge is 0.348 e. The first kappa shape index (κ1) is 15.5. The van der Waals surface area contributed by atoms with Crippen LogP contribution in [0.5, 0.6) is 0 Å². The Balaban J connectivity index is 1.76. The number of nitrogens with zero attached hydrogens (tertiary/aromatic N) is 2. The Morgan fingerprint density at radius 2 is 2.30 bits per heavy atom. The van der Waals surface area contributed by atoms with Crippen molar-refractivity contribution < 1.29 is 4.79 Å². The van der Waals surface area contributed by atoms with Crippen molar-refractivity contribution in [2.45, 2.75) is 45.8 Å². The van der Waals surface area contributed by atoms with Gasteiger partial charge in [0.25, 0.3) is 11.5 Å². The molecular weight excluding hydrogens is 294 g/mol. The van der Waals surface area contributed by atoms with Gasteiger partial charge in [-0.05, 0) is 31.9 Å².